The van der Waals surface area contributed by atoms with Gasteiger partial charge in [-0.15, -0.1) is 11.8 Å². The van der Waals surface area contributed by atoms with Gasteiger partial charge in [-0.2, -0.15) is 0 Å². The van der Waals surface area contributed by atoms with Crippen LogP contribution in [0.25, 0.3) is 0 Å². The average Bonchev–Trinajstić information content (AvgIpc) is 2.53. The Morgan fingerprint density at radius 1 is 1.04 bits per heavy atom. The highest BCUT2D eigenvalue weighted by molar-refractivity contribution is 7.99. The van der Waals surface area contributed by atoms with Gasteiger partial charge in [0.25, 0.3) is 0 Å². The van der Waals surface area contributed by atoms with E-state index < -0.39 is 0 Å². The number of nitrogens with one attached hydrogen (secondary N) is 1. The number of benzene rings is 2. The molecule has 3 heteroatoms. The van der Waals surface area contributed by atoms with E-state index >= 15 is 0 Å². The zero-order valence-electron chi connectivity index (χ0n) is 14.8. The van der Waals surface area contributed by atoms with Crippen LogP contribution in [0.5, 0.6) is 0 Å². The van der Waals surface area contributed by atoms with Crippen LogP contribution in [-0.4, -0.2) is 17.7 Å². The molecule has 0 unspecified atom stereocenters. The fourth-order valence-corrected chi connectivity index (χ4v) is 3.60. The number of carbonyl (C=O) groups excluding carboxylic acids is 1. The fourth-order valence-electron chi connectivity index (χ4n) is 2.83. The molecule has 1 amide bonds. The van der Waals surface area contributed by atoms with E-state index in [-0.39, 0.29) is 11.9 Å². The van der Waals surface area contributed by atoms with E-state index in [1.54, 1.807) is 11.8 Å². The minimum absolute atomic E-state index is 0.130. The molecule has 24 heavy (non-hydrogen) atoms. The lowest BCUT2D eigenvalue weighted by Crippen LogP contribution is -2.34. The average molecular weight is 342 g/mol. The molecule has 2 aromatic carbocycles. The number of thioether (sulfide) groups is 1. The summed E-state index contributed by atoms with van der Waals surface area (Å²) in [6.07, 6.45) is 1.97. The summed E-state index contributed by atoms with van der Waals surface area (Å²) in [5.74, 6) is 1.53. The molecule has 0 aliphatic rings. The van der Waals surface area contributed by atoms with Crippen LogP contribution < -0.4 is 5.32 Å². The number of carbonyl (C=O) groups is 1. The van der Waals surface area contributed by atoms with Crippen LogP contribution in [0, 0.1) is 13.8 Å². The van der Waals surface area contributed by atoms with Crippen LogP contribution in [0.15, 0.2) is 48.5 Å². The monoisotopic (exact) mass is 341 g/mol. The Bertz CT molecular complexity index is 634. The summed E-state index contributed by atoms with van der Waals surface area (Å²) < 4.78 is 0. The van der Waals surface area contributed by atoms with E-state index in [4.69, 9.17) is 0 Å². The molecule has 0 bridgehead atoms. The third-order valence-electron chi connectivity index (χ3n) is 3.90. The normalized spacial score (nSPS) is 12.0. The molecule has 0 saturated heterocycles. The zero-order valence-corrected chi connectivity index (χ0v) is 15.7. The molecule has 0 spiro atoms. The van der Waals surface area contributed by atoms with Gasteiger partial charge in [0.2, 0.25) is 5.91 Å². The van der Waals surface area contributed by atoms with E-state index in [2.05, 4.69) is 68.6 Å². The summed E-state index contributed by atoms with van der Waals surface area (Å²) in [4.78, 5) is 12.1. The van der Waals surface area contributed by atoms with Crippen molar-refractivity contribution in [2.45, 2.75) is 45.4 Å². The van der Waals surface area contributed by atoms with Crippen molar-refractivity contribution in [1.29, 1.82) is 0 Å². The van der Waals surface area contributed by atoms with Gasteiger partial charge < -0.3 is 5.32 Å². The van der Waals surface area contributed by atoms with E-state index in [1.165, 1.54) is 22.3 Å². The lowest BCUT2D eigenvalue weighted by atomic mass is 10.1. The van der Waals surface area contributed by atoms with Crippen LogP contribution in [-0.2, 0) is 17.0 Å². The van der Waals surface area contributed by atoms with E-state index in [1.807, 2.05) is 6.07 Å². The molecule has 0 fully saturated rings. The van der Waals surface area contributed by atoms with Crippen molar-refractivity contribution in [3.05, 3.63) is 70.8 Å². The van der Waals surface area contributed by atoms with Crippen molar-refractivity contribution in [1.82, 2.24) is 5.32 Å². The summed E-state index contributed by atoms with van der Waals surface area (Å²) in [6, 6.07) is 17.2. The van der Waals surface area contributed by atoms with Gasteiger partial charge in [0.1, 0.15) is 0 Å². The smallest absolute Gasteiger partial charge is 0.230 e. The first-order chi connectivity index (χ1) is 11.5. The van der Waals surface area contributed by atoms with E-state index in [0.29, 0.717) is 5.75 Å². The molecule has 2 aromatic rings. The second-order valence-corrected chi connectivity index (χ2v) is 7.47. The van der Waals surface area contributed by atoms with Crippen molar-refractivity contribution >= 4 is 17.7 Å². The molecule has 128 valence electrons. The number of hydrogen-bond donors (Lipinski definition) is 1. The summed E-state index contributed by atoms with van der Waals surface area (Å²) in [6.45, 7) is 6.31. The van der Waals surface area contributed by atoms with E-state index in [9.17, 15) is 4.79 Å². The minimum Gasteiger partial charge on any atom is -0.353 e. The standard InChI is InChI=1S/C21H27NOS/c1-16-11-17(2)13-20(12-16)14-24-15-21(23)22-18(3)9-10-19-7-5-4-6-8-19/h4-8,11-13,18H,9-10,14-15H2,1-3H3,(H,22,23)/t18-/m0/s1. The Kier molecular flexibility index (Phi) is 7.38. The second-order valence-electron chi connectivity index (χ2n) is 6.48. The predicted octanol–water partition coefficient (Wildman–Crippen LogP) is 4.67. The summed E-state index contributed by atoms with van der Waals surface area (Å²) >= 11 is 1.68. The number of rotatable bonds is 8. The summed E-state index contributed by atoms with van der Waals surface area (Å²) in [7, 11) is 0. The summed E-state index contributed by atoms with van der Waals surface area (Å²) in [5, 5.41) is 3.10. The number of amides is 1. The molecule has 2 rings (SSSR count). The zero-order chi connectivity index (χ0) is 17.4. The molecule has 0 radical (unpaired) electrons. The second kappa shape index (κ2) is 9.53. The number of aryl methyl sites for hydroxylation is 3. The Hall–Kier alpha value is -1.74. The van der Waals surface area contributed by atoms with Gasteiger partial charge in [0.15, 0.2) is 0 Å². The lowest BCUT2D eigenvalue weighted by molar-refractivity contribution is -0.119. The Morgan fingerprint density at radius 3 is 2.38 bits per heavy atom. The molecule has 0 saturated carbocycles. The largest absolute Gasteiger partial charge is 0.353 e. The van der Waals surface area contributed by atoms with E-state index in [0.717, 1.165) is 18.6 Å². The maximum Gasteiger partial charge on any atom is 0.230 e. The topological polar surface area (TPSA) is 29.1 Å². The van der Waals surface area contributed by atoms with Crippen molar-refractivity contribution in [3.8, 4) is 0 Å². The fraction of sp³-hybridized carbons (Fsp3) is 0.381. The Labute approximate surface area is 150 Å². The molecule has 1 atom stereocenters. The highest BCUT2D eigenvalue weighted by Crippen LogP contribution is 2.15. The molecule has 1 N–H and O–H groups in total. The van der Waals surface area contributed by atoms with Gasteiger partial charge in [0.05, 0.1) is 5.75 Å². The van der Waals surface area contributed by atoms with Crippen LogP contribution in [0.1, 0.15) is 35.6 Å². The highest BCUT2D eigenvalue weighted by Gasteiger charge is 2.08. The van der Waals surface area contributed by atoms with Crippen molar-refractivity contribution < 1.29 is 4.79 Å². The predicted molar refractivity (Wildman–Crippen MR) is 104 cm³/mol. The molecule has 2 nitrogen and oxygen atoms in total. The van der Waals surface area contributed by atoms with Crippen LogP contribution in [0.3, 0.4) is 0 Å². The molecule has 0 aliphatic carbocycles. The lowest BCUT2D eigenvalue weighted by Gasteiger charge is -2.14. The van der Waals surface area contributed by atoms with Gasteiger partial charge >= 0.3 is 0 Å². The summed E-state index contributed by atoms with van der Waals surface area (Å²) in [5.41, 5.74) is 5.18. The molecule has 0 aliphatic heterocycles. The first-order valence-corrected chi connectivity index (χ1v) is 9.66. The van der Waals surface area contributed by atoms with Crippen molar-refractivity contribution in [2.24, 2.45) is 0 Å². The van der Waals surface area contributed by atoms with Crippen molar-refractivity contribution in [2.75, 3.05) is 5.75 Å². The third-order valence-corrected chi connectivity index (χ3v) is 4.90. The minimum atomic E-state index is 0.130. The third kappa shape index (κ3) is 6.79. The van der Waals surface area contributed by atoms with Gasteiger partial charge in [-0.25, -0.2) is 0 Å². The Balaban J connectivity index is 1.67. The molecular formula is C21H27NOS. The first kappa shape index (κ1) is 18.6. The van der Waals surface area contributed by atoms with Crippen LogP contribution in [0.2, 0.25) is 0 Å². The maximum atomic E-state index is 12.1. The van der Waals surface area contributed by atoms with Gasteiger partial charge in [-0.05, 0) is 44.7 Å². The highest BCUT2D eigenvalue weighted by atomic mass is 32.2. The molecular weight excluding hydrogens is 314 g/mol. The maximum absolute atomic E-state index is 12.1. The van der Waals surface area contributed by atoms with Crippen molar-refractivity contribution in [3.63, 3.8) is 0 Å². The quantitative estimate of drug-likeness (QED) is 0.756. The van der Waals surface area contributed by atoms with Gasteiger partial charge in [0, 0.05) is 11.8 Å². The first-order valence-electron chi connectivity index (χ1n) is 8.51. The Morgan fingerprint density at radius 2 is 1.71 bits per heavy atom. The molecule has 0 aromatic heterocycles. The van der Waals surface area contributed by atoms with Crippen LogP contribution in [0.4, 0.5) is 0 Å². The SMILES string of the molecule is Cc1cc(C)cc(CSCC(=O)N[C@@H](C)CCc2ccccc2)c1. The van der Waals surface area contributed by atoms with Gasteiger partial charge in [-0.1, -0.05) is 59.7 Å². The molecule has 0 heterocycles. The number of hydrogen-bond acceptors (Lipinski definition) is 2. The van der Waals surface area contributed by atoms with Gasteiger partial charge in [-0.3, -0.25) is 4.79 Å². The van der Waals surface area contributed by atoms with Crippen LogP contribution >= 0.6 is 11.8 Å².